The van der Waals surface area contributed by atoms with Gasteiger partial charge in [-0.3, -0.25) is 0 Å². The molecule has 0 saturated heterocycles. The Balaban J connectivity index is 1.69. The van der Waals surface area contributed by atoms with Gasteiger partial charge in [0.05, 0.1) is 7.11 Å². The Hall–Kier alpha value is -3.34. The number of aromatic carboxylic acids is 1. The molecule has 5 heteroatoms. The van der Waals surface area contributed by atoms with E-state index in [4.69, 9.17) is 4.74 Å². The number of anilines is 1. The summed E-state index contributed by atoms with van der Waals surface area (Å²) in [6, 6.07) is 19.2. The third kappa shape index (κ3) is 4.00. The van der Waals surface area contributed by atoms with Gasteiger partial charge >= 0.3 is 5.97 Å². The van der Waals surface area contributed by atoms with Crippen molar-refractivity contribution in [3.63, 3.8) is 0 Å². The maximum absolute atomic E-state index is 13.0. The molecule has 0 fully saturated rings. The van der Waals surface area contributed by atoms with Gasteiger partial charge in [0.25, 0.3) is 0 Å². The van der Waals surface area contributed by atoms with E-state index in [0.29, 0.717) is 18.0 Å². The van der Waals surface area contributed by atoms with Gasteiger partial charge in [-0.2, -0.15) is 0 Å². The topological polar surface area (TPSA) is 58.6 Å². The van der Waals surface area contributed by atoms with Crippen LogP contribution in [0.25, 0.3) is 11.1 Å². The molecule has 0 spiro atoms. The maximum Gasteiger partial charge on any atom is 0.339 e. The van der Waals surface area contributed by atoms with Crippen LogP contribution in [0.1, 0.15) is 15.9 Å². The number of hydrogen-bond acceptors (Lipinski definition) is 3. The monoisotopic (exact) mass is 351 g/mol. The number of nitrogens with one attached hydrogen (secondary N) is 1. The molecule has 3 rings (SSSR count). The molecule has 0 unspecified atom stereocenters. The van der Waals surface area contributed by atoms with E-state index in [-0.39, 0.29) is 11.4 Å². The first-order chi connectivity index (χ1) is 12.6. The van der Waals surface area contributed by atoms with Crippen molar-refractivity contribution < 1.29 is 19.0 Å². The highest BCUT2D eigenvalue weighted by Gasteiger charge is 2.11. The summed E-state index contributed by atoms with van der Waals surface area (Å²) in [4.78, 5) is 11.3. The average molecular weight is 351 g/mol. The normalized spacial score (nSPS) is 10.4. The van der Waals surface area contributed by atoms with Crippen LogP contribution in [0.3, 0.4) is 0 Å². The van der Waals surface area contributed by atoms with Crippen molar-refractivity contribution in [1.29, 1.82) is 0 Å². The molecule has 0 radical (unpaired) electrons. The van der Waals surface area contributed by atoms with E-state index in [1.807, 2.05) is 24.3 Å². The molecule has 0 bridgehead atoms. The van der Waals surface area contributed by atoms with Crippen molar-refractivity contribution in [3.05, 3.63) is 83.7 Å². The molecule has 4 nitrogen and oxygen atoms in total. The Kier molecular flexibility index (Phi) is 5.17. The van der Waals surface area contributed by atoms with Crippen molar-refractivity contribution in [2.24, 2.45) is 0 Å². The maximum atomic E-state index is 13.0. The number of halogens is 1. The second kappa shape index (κ2) is 7.70. The van der Waals surface area contributed by atoms with E-state index in [2.05, 4.69) is 5.32 Å². The molecule has 0 saturated carbocycles. The second-order valence-electron chi connectivity index (χ2n) is 5.78. The minimum Gasteiger partial charge on any atom is -0.496 e. The van der Waals surface area contributed by atoms with E-state index < -0.39 is 5.97 Å². The summed E-state index contributed by atoms with van der Waals surface area (Å²) in [7, 11) is 1.44. The number of carbonyl (C=O) groups is 1. The number of carboxylic acid groups (broad SMARTS) is 1. The zero-order chi connectivity index (χ0) is 18.5. The Morgan fingerprint density at radius 1 is 1.00 bits per heavy atom. The highest BCUT2D eigenvalue weighted by atomic mass is 19.1. The van der Waals surface area contributed by atoms with Gasteiger partial charge < -0.3 is 15.2 Å². The summed E-state index contributed by atoms with van der Waals surface area (Å²) < 4.78 is 18.1. The van der Waals surface area contributed by atoms with E-state index in [1.54, 1.807) is 30.3 Å². The van der Waals surface area contributed by atoms with Crippen molar-refractivity contribution in [2.45, 2.75) is 6.54 Å². The first kappa shape index (κ1) is 17.5. The van der Waals surface area contributed by atoms with Gasteiger partial charge in [-0.15, -0.1) is 0 Å². The second-order valence-corrected chi connectivity index (χ2v) is 5.78. The Morgan fingerprint density at radius 3 is 2.19 bits per heavy atom. The third-order valence-corrected chi connectivity index (χ3v) is 4.06. The smallest absolute Gasteiger partial charge is 0.339 e. The van der Waals surface area contributed by atoms with Gasteiger partial charge in [0, 0.05) is 12.2 Å². The molecule has 0 aliphatic heterocycles. The van der Waals surface area contributed by atoms with Gasteiger partial charge in [-0.25, -0.2) is 9.18 Å². The summed E-state index contributed by atoms with van der Waals surface area (Å²) >= 11 is 0. The quantitative estimate of drug-likeness (QED) is 0.669. The summed E-state index contributed by atoms with van der Waals surface area (Å²) in [6.07, 6.45) is 0. The van der Waals surface area contributed by atoms with Crippen LogP contribution in [0.2, 0.25) is 0 Å². The lowest BCUT2D eigenvalue weighted by molar-refractivity contribution is 0.0693. The van der Waals surface area contributed by atoms with Crippen LogP contribution in [0.5, 0.6) is 5.75 Å². The van der Waals surface area contributed by atoms with Crippen LogP contribution >= 0.6 is 0 Å². The summed E-state index contributed by atoms with van der Waals surface area (Å²) in [5.41, 5.74) is 3.82. The van der Waals surface area contributed by atoms with Crippen LogP contribution < -0.4 is 10.1 Å². The lowest BCUT2D eigenvalue weighted by Crippen LogP contribution is -2.04. The van der Waals surface area contributed by atoms with Crippen LogP contribution in [0, 0.1) is 5.82 Å². The fraction of sp³-hybridized carbons (Fsp3) is 0.0952. The largest absolute Gasteiger partial charge is 0.496 e. The third-order valence-electron chi connectivity index (χ3n) is 4.06. The standard InChI is InChI=1S/C21H18FNO3/c1-26-20-11-10-18(12-19(20)21(24)25)23-13-14-2-4-15(5-3-14)16-6-8-17(22)9-7-16/h2-12,23H,13H2,1H3,(H,24,25). The zero-order valence-electron chi connectivity index (χ0n) is 14.2. The van der Waals surface area contributed by atoms with Crippen LogP contribution in [-0.2, 0) is 6.54 Å². The SMILES string of the molecule is COc1ccc(NCc2ccc(-c3ccc(F)cc3)cc2)cc1C(=O)O. The fourth-order valence-electron chi connectivity index (χ4n) is 2.65. The molecule has 3 aromatic carbocycles. The molecule has 0 atom stereocenters. The minimum atomic E-state index is -1.03. The van der Waals surface area contributed by atoms with Crippen molar-refractivity contribution in [2.75, 3.05) is 12.4 Å². The number of ether oxygens (including phenoxy) is 1. The first-order valence-electron chi connectivity index (χ1n) is 8.07. The first-order valence-corrected chi connectivity index (χ1v) is 8.07. The molecule has 0 aliphatic carbocycles. The highest BCUT2D eigenvalue weighted by molar-refractivity contribution is 5.92. The van der Waals surface area contributed by atoms with Crippen molar-refractivity contribution in [1.82, 2.24) is 0 Å². The lowest BCUT2D eigenvalue weighted by Gasteiger charge is -2.10. The van der Waals surface area contributed by atoms with Gasteiger partial charge in [0.1, 0.15) is 17.1 Å². The Labute approximate surface area is 150 Å². The molecule has 0 heterocycles. The Bertz CT molecular complexity index is 906. The molecule has 2 N–H and O–H groups in total. The molecule has 0 aromatic heterocycles. The van der Waals surface area contributed by atoms with Crippen LogP contribution in [0.15, 0.2) is 66.7 Å². The predicted molar refractivity (Wildman–Crippen MR) is 99.1 cm³/mol. The van der Waals surface area contributed by atoms with E-state index in [0.717, 1.165) is 16.7 Å². The minimum absolute atomic E-state index is 0.115. The van der Waals surface area contributed by atoms with Crippen LogP contribution in [-0.4, -0.2) is 18.2 Å². The fourth-order valence-corrected chi connectivity index (χ4v) is 2.65. The van der Waals surface area contributed by atoms with Crippen LogP contribution in [0.4, 0.5) is 10.1 Å². The highest BCUT2D eigenvalue weighted by Crippen LogP contribution is 2.24. The number of benzene rings is 3. The van der Waals surface area contributed by atoms with Gasteiger partial charge in [0.15, 0.2) is 0 Å². The zero-order valence-corrected chi connectivity index (χ0v) is 14.2. The number of methoxy groups -OCH3 is 1. The lowest BCUT2D eigenvalue weighted by atomic mass is 10.0. The molecule has 26 heavy (non-hydrogen) atoms. The van der Waals surface area contributed by atoms with E-state index >= 15 is 0 Å². The summed E-state index contributed by atoms with van der Waals surface area (Å²) in [6.45, 7) is 0.551. The molecule has 132 valence electrons. The van der Waals surface area contributed by atoms with E-state index in [1.165, 1.54) is 19.2 Å². The molecule has 0 amide bonds. The summed E-state index contributed by atoms with van der Waals surface area (Å²) in [5, 5.41) is 12.4. The summed E-state index contributed by atoms with van der Waals surface area (Å²) in [5.74, 6) is -0.962. The Morgan fingerprint density at radius 2 is 1.62 bits per heavy atom. The number of rotatable bonds is 6. The van der Waals surface area contributed by atoms with Gasteiger partial charge in [-0.05, 0) is 47.0 Å². The number of carboxylic acids is 1. The molecular weight excluding hydrogens is 333 g/mol. The molecular formula is C21H18FNO3. The predicted octanol–water partition coefficient (Wildman–Crippen LogP) is 4.81. The van der Waals surface area contributed by atoms with Gasteiger partial charge in [-0.1, -0.05) is 36.4 Å². The van der Waals surface area contributed by atoms with Crippen molar-refractivity contribution >= 4 is 11.7 Å². The van der Waals surface area contributed by atoms with Gasteiger partial charge in [0.2, 0.25) is 0 Å². The average Bonchev–Trinajstić information content (AvgIpc) is 2.67. The molecule has 0 aliphatic rings. The number of hydrogen-bond donors (Lipinski definition) is 2. The van der Waals surface area contributed by atoms with Crippen molar-refractivity contribution in [3.8, 4) is 16.9 Å². The van der Waals surface area contributed by atoms with E-state index in [9.17, 15) is 14.3 Å². The molecule has 3 aromatic rings.